The van der Waals surface area contributed by atoms with Crippen LogP contribution in [-0.2, 0) is 30.5 Å². The first-order valence-electron chi connectivity index (χ1n) is 25.6. The number of rotatable bonds is 13. The molecule has 8 heterocycles. The molecular weight excluding hydrogens is 1170 g/mol. The number of thiazole rings is 6. The monoisotopic (exact) mass is 1220 g/mol. The quantitative estimate of drug-likeness (QED) is 0.0568. The van der Waals surface area contributed by atoms with E-state index in [9.17, 15) is 43.8 Å². The summed E-state index contributed by atoms with van der Waals surface area (Å²) >= 11 is 7.24. The SMILES string of the molecule is CNC(=O)C[C@@H]1NC(=O)c2csc(n2)-c2ccc(-c3nc(NC(=O)CC[C@@H](C)C(=O)O)cs3)nc2-c2csc(n2)-c2csc(n2)[C@H]([C@@H](O)c2ccccc2)NC(=O)CNC(=O)c2nc(sc2COC)[C@H](C(C)C)CC(=O)c2nc1sc2C. The molecule has 9 rings (SSSR count). The van der Waals surface area contributed by atoms with Crippen molar-refractivity contribution in [1.29, 1.82) is 0 Å². The largest absolute Gasteiger partial charge is 0.481 e. The molecule has 28 heteroatoms. The molecule has 0 radical (unpaired) electrons. The lowest BCUT2D eigenvalue weighted by Crippen LogP contribution is -2.40. The molecule has 0 unspecified atom stereocenters. The van der Waals surface area contributed by atoms with Gasteiger partial charge in [0.15, 0.2) is 5.78 Å². The fourth-order valence-corrected chi connectivity index (χ4v) is 14.1. The van der Waals surface area contributed by atoms with Crippen molar-refractivity contribution in [2.45, 2.75) is 84.1 Å². The number of carboxylic acids is 1. The Morgan fingerprint density at radius 2 is 1.44 bits per heavy atom. The molecule has 82 heavy (non-hydrogen) atoms. The number of aliphatic hydroxyl groups excluding tert-OH is 1. The van der Waals surface area contributed by atoms with Gasteiger partial charge in [0, 0.05) is 64.9 Å². The van der Waals surface area contributed by atoms with E-state index in [1.807, 2.05) is 13.8 Å². The Labute approximate surface area is 493 Å². The number of fused-ring (bicyclic) bond motifs is 14. The van der Waals surface area contributed by atoms with Gasteiger partial charge in [0.2, 0.25) is 17.7 Å². The first kappa shape index (κ1) is 59.2. The second-order valence-electron chi connectivity index (χ2n) is 19.3. The molecule has 426 valence electrons. The van der Waals surface area contributed by atoms with Gasteiger partial charge < -0.3 is 41.5 Å². The Morgan fingerprint density at radius 3 is 2.18 bits per heavy atom. The van der Waals surface area contributed by atoms with Crippen LogP contribution in [0.1, 0.15) is 132 Å². The molecule has 8 aromatic rings. The number of anilines is 1. The maximum Gasteiger partial charge on any atom is 0.306 e. The summed E-state index contributed by atoms with van der Waals surface area (Å²) in [7, 11) is 2.96. The summed E-state index contributed by atoms with van der Waals surface area (Å²) in [6.07, 6.45) is -1.39. The fourth-order valence-electron chi connectivity index (χ4n) is 8.57. The first-order valence-corrected chi connectivity index (χ1v) is 30.7. The summed E-state index contributed by atoms with van der Waals surface area (Å²) in [4.78, 5) is 129. The lowest BCUT2D eigenvalue weighted by atomic mass is 9.90. The second-order valence-corrected chi connectivity index (χ2v) is 25.1. The van der Waals surface area contributed by atoms with Crippen LogP contribution in [0.2, 0.25) is 0 Å². The highest BCUT2D eigenvalue weighted by atomic mass is 32.1. The number of ether oxygens (including phenoxy) is 1. The zero-order valence-electron chi connectivity index (χ0n) is 44.8. The average molecular weight is 1220 g/mol. The number of aliphatic hydroxyl groups is 1. The molecule has 0 fully saturated rings. The lowest BCUT2D eigenvalue weighted by Gasteiger charge is -2.23. The van der Waals surface area contributed by atoms with Crippen LogP contribution in [0.3, 0.4) is 0 Å². The number of hydrogen-bond acceptors (Lipinski definition) is 22. The number of pyridine rings is 1. The molecule has 0 saturated carbocycles. The van der Waals surface area contributed by atoms with Gasteiger partial charge in [-0.05, 0) is 37.0 Å². The molecule has 5 atom stereocenters. The van der Waals surface area contributed by atoms with Crippen LogP contribution in [-0.4, -0.2) is 107 Å². The Hall–Kier alpha value is -7.44. The highest BCUT2D eigenvalue weighted by Crippen LogP contribution is 2.41. The number of methoxy groups -OCH3 is 1. The molecule has 7 aromatic heterocycles. The van der Waals surface area contributed by atoms with Crippen molar-refractivity contribution in [2.24, 2.45) is 11.8 Å². The van der Waals surface area contributed by atoms with E-state index in [0.29, 0.717) is 73.7 Å². The minimum Gasteiger partial charge on any atom is -0.481 e. The van der Waals surface area contributed by atoms with Crippen LogP contribution in [0.5, 0.6) is 0 Å². The maximum atomic E-state index is 14.3. The predicted molar refractivity (Wildman–Crippen MR) is 313 cm³/mol. The van der Waals surface area contributed by atoms with Crippen molar-refractivity contribution in [2.75, 3.05) is 26.0 Å². The minimum atomic E-state index is -1.28. The van der Waals surface area contributed by atoms with E-state index in [4.69, 9.17) is 34.6 Å². The second kappa shape index (κ2) is 26.2. The molecule has 5 amide bonds. The number of carbonyl (C=O) groups excluding carboxylic acids is 6. The minimum absolute atomic E-state index is 0.0216. The van der Waals surface area contributed by atoms with Gasteiger partial charge in [0.1, 0.15) is 77.2 Å². The molecule has 10 bridgehead atoms. The predicted octanol–water partition coefficient (Wildman–Crippen LogP) is 8.64. The van der Waals surface area contributed by atoms with Gasteiger partial charge >= 0.3 is 5.97 Å². The van der Waals surface area contributed by atoms with E-state index in [-0.39, 0.29) is 72.8 Å². The van der Waals surface area contributed by atoms with E-state index >= 15 is 0 Å². The van der Waals surface area contributed by atoms with Crippen LogP contribution >= 0.6 is 68.0 Å². The molecule has 1 aromatic carbocycles. The third kappa shape index (κ3) is 13.7. The van der Waals surface area contributed by atoms with Crippen molar-refractivity contribution in [3.05, 3.63) is 111 Å². The molecular formula is C54H54N12O10S6. The molecule has 0 aliphatic carbocycles. The third-order valence-electron chi connectivity index (χ3n) is 13.1. The molecule has 1 aliphatic rings. The van der Waals surface area contributed by atoms with Crippen LogP contribution in [0.15, 0.2) is 64.0 Å². The van der Waals surface area contributed by atoms with Gasteiger partial charge in [0.25, 0.3) is 11.8 Å². The van der Waals surface area contributed by atoms with Crippen LogP contribution in [0, 0.1) is 18.8 Å². The molecule has 22 nitrogen and oxygen atoms in total. The molecule has 0 saturated heterocycles. The molecule has 7 N–H and O–H groups in total. The normalized spacial score (nSPS) is 16.9. The van der Waals surface area contributed by atoms with E-state index < -0.39 is 66.2 Å². The Bertz CT molecular complexity index is 3680. The Balaban J connectivity index is 1.11. The van der Waals surface area contributed by atoms with Gasteiger partial charge in [-0.2, -0.15) is 0 Å². The number of benzene rings is 1. The van der Waals surface area contributed by atoms with Crippen LogP contribution < -0.4 is 26.6 Å². The standard InChI is InChI=1S/C54H54N12O10S6/c1-24(2)29-16-35(67)41-26(4)81-52(65-41)31(17-39(69)55-5)58-46(72)33-21-77-48(60-33)28-13-14-30(50-63-37(23-80-50)62-38(68)15-12-25(3)54(74)75)57-42(28)32-20-78-51(59-32)34-22-79-53(61-34)44(45(71)27-10-8-7-9-11-27)64-40(70)18-56-47(73)43-36(19-76-6)82-49(29)66-43/h7-11,13-14,20-25,29,31,44-45,71H,12,15-19H2,1-6H3,(H,55,69)(H,56,73)(H,58,72)(H,62,68)(H,64,70)(H,74,75)/t25-,29+,31+,44+,45+/m1/s1. The number of aromatic nitrogens is 7. The summed E-state index contributed by atoms with van der Waals surface area (Å²) in [5, 5.41) is 44.2. The first-order chi connectivity index (χ1) is 39.4. The number of nitrogens with one attached hydrogen (secondary N) is 5. The van der Waals surface area contributed by atoms with E-state index in [0.717, 1.165) is 0 Å². The summed E-state index contributed by atoms with van der Waals surface area (Å²) in [6.45, 7) is 6.68. The summed E-state index contributed by atoms with van der Waals surface area (Å²) in [6, 6.07) is 10.2. The fraction of sp³-hybridized carbons (Fsp3) is 0.333. The van der Waals surface area contributed by atoms with Gasteiger partial charge in [0.05, 0.1) is 47.1 Å². The number of amides is 5. The highest BCUT2D eigenvalue weighted by molar-refractivity contribution is 7.15. The van der Waals surface area contributed by atoms with Crippen molar-refractivity contribution < 1.29 is 48.5 Å². The van der Waals surface area contributed by atoms with Crippen LogP contribution in [0.4, 0.5) is 5.82 Å². The third-order valence-corrected chi connectivity index (χ3v) is 18.9. The zero-order valence-corrected chi connectivity index (χ0v) is 49.7. The van der Waals surface area contributed by atoms with Crippen molar-refractivity contribution in [1.82, 2.24) is 56.2 Å². The smallest absolute Gasteiger partial charge is 0.306 e. The van der Waals surface area contributed by atoms with E-state index in [1.165, 1.54) is 89.1 Å². The zero-order chi connectivity index (χ0) is 58.4. The van der Waals surface area contributed by atoms with Crippen molar-refractivity contribution in [3.63, 3.8) is 0 Å². The highest BCUT2D eigenvalue weighted by Gasteiger charge is 2.33. The number of hydrogen-bond donors (Lipinski definition) is 7. The Kier molecular flexibility index (Phi) is 18.9. The average Bonchev–Trinajstić information content (AvgIpc) is 4.36. The number of Topliss-reactive ketones (excluding diaryl/α,β-unsaturated/α-hetero) is 1. The number of carbonyl (C=O) groups is 7. The lowest BCUT2D eigenvalue weighted by molar-refractivity contribution is -0.141. The Morgan fingerprint density at radius 1 is 0.732 bits per heavy atom. The van der Waals surface area contributed by atoms with Gasteiger partial charge in [-0.3, -0.25) is 33.6 Å². The van der Waals surface area contributed by atoms with Crippen LogP contribution in [0.25, 0.3) is 43.4 Å². The van der Waals surface area contributed by atoms with E-state index in [1.54, 1.807) is 70.9 Å². The summed E-state index contributed by atoms with van der Waals surface area (Å²) in [5.41, 5.74) is 2.81. The van der Waals surface area contributed by atoms with Gasteiger partial charge in [-0.25, -0.2) is 34.9 Å². The maximum absolute atomic E-state index is 14.3. The number of aliphatic carboxylic acids is 1. The summed E-state index contributed by atoms with van der Waals surface area (Å²) in [5.74, 6) is -5.04. The summed E-state index contributed by atoms with van der Waals surface area (Å²) < 4.78 is 5.46. The number of ketones is 1. The van der Waals surface area contributed by atoms with Crippen molar-refractivity contribution in [3.8, 4) is 43.4 Å². The van der Waals surface area contributed by atoms with E-state index in [2.05, 4.69) is 31.6 Å². The topological polar surface area (TPSA) is 320 Å². The van der Waals surface area contributed by atoms with Gasteiger partial charge in [-0.15, -0.1) is 68.0 Å². The molecule has 0 spiro atoms. The number of aryl methyl sites for hydroxylation is 1. The number of nitrogens with zero attached hydrogens (tertiary/aromatic N) is 7. The molecule has 1 aliphatic heterocycles. The van der Waals surface area contributed by atoms with Crippen molar-refractivity contribution >= 4 is 115 Å². The number of carboxylic acid groups (broad SMARTS) is 1. The van der Waals surface area contributed by atoms with Gasteiger partial charge in [-0.1, -0.05) is 51.1 Å².